The van der Waals surface area contributed by atoms with Crippen molar-refractivity contribution >= 4 is 0 Å². The summed E-state index contributed by atoms with van der Waals surface area (Å²) < 4.78 is 0. The van der Waals surface area contributed by atoms with Gasteiger partial charge in [0.1, 0.15) is 0 Å². The maximum absolute atomic E-state index is 4.25. The van der Waals surface area contributed by atoms with Crippen LogP contribution in [0.2, 0.25) is 0 Å². The molecular formula is C13H17N3. The van der Waals surface area contributed by atoms with Gasteiger partial charge in [0.15, 0.2) is 0 Å². The summed E-state index contributed by atoms with van der Waals surface area (Å²) in [6, 6.07) is 8.43. The van der Waals surface area contributed by atoms with E-state index in [4.69, 9.17) is 0 Å². The number of H-pyrrole nitrogens is 1. The maximum atomic E-state index is 4.25. The topological polar surface area (TPSA) is 40.7 Å². The molecule has 0 aliphatic heterocycles. The molecule has 0 atom stereocenters. The molecule has 0 saturated heterocycles. The van der Waals surface area contributed by atoms with Gasteiger partial charge < -0.3 is 10.3 Å². The molecule has 1 aromatic heterocycles. The van der Waals surface area contributed by atoms with Gasteiger partial charge in [0.05, 0.1) is 12.0 Å². The SMILES string of the molecule is Cc1ccccc1CNCc1nc[nH]c1C. The van der Waals surface area contributed by atoms with Gasteiger partial charge in [-0.25, -0.2) is 4.98 Å². The van der Waals surface area contributed by atoms with Crippen molar-refractivity contribution in [1.82, 2.24) is 15.3 Å². The monoisotopic (exact) mass is 215 g/mol. The van der Waals surface area contributed by atoms with Crippen molar-refractivity contribution in [3.63, 3.8) is 0 Å². The highest BCUT2D eigenvalue weighted by Gasteiger charge is 2.01. The molecule has 3 heteroatoms. The van der Waals surface area contributed by atoms with Gasteiger partial charge in [0.2, 0.25) is 0 Å². The lowest BCUT2D eigenvalue weighted by Gasteiger charge is -2.06. The molecule has 0 fully saturated rings. The van der Waals surface area contributed by atoms with Crippen molar-refractivity contribution in [2.45, 2.75) is 26.9 Å². The Morgan fingerprint density at radius 2 is 2.00 bits per heavy atom. The van der Waals surface area contributed by atoms with E-state index in [2.05, 4.69) is 46.5 Å². The van der Waals surface area contributed by atoms with Gasteiger partial charge in [0.25, 0.3) is 0 Å². The van der Waals surface area contributed by atoms with E-state index in [1.807, 2.05) is 6.92 Å². The van der Waals surface area contributed by atoms with Crippen molar-refractivity contribution in [2.75, 3.05) is 0 Å². The molecular weight excluding hydrogens is 198 g/mol. The smallest absolute Gasteiger partial charge is 0.0925 e. The molecule has 2 N–H and O–H groups in total. The van der Waals surface area contributed by atoms with Crippen molar-refractivity contribution < 1.29 is 0 Å². The van der Waals surface area contributed by atoms with E-state index in [1.165, 1.54) is 11.1 Å². The highest BCUT2D eigenvalue weighted by Crippen LogP contribution is 2.07. The molecule has 0 aliphatic carbocycles. The molecule has 0 saturated carbocycles. The van der Waals surface area contributed by atoms with Gasteiger partial charge in [0, 0.05) is 18.8 Å². The zero-order valence-corrected chi connectivity index (χ0v) is 9.75. The first-order valence-electron chi connectivity index (χ1n) is 5.51. The third-order valence-electron chi connectivity index (χ3n) is 2.80. The van der Waals surface area contributed by atoms with Gasteiger partial charge in [-0.15, -0.1) is 0 Å². The Labute approximate surface area is 95.9 Å². The number of hydrogen-bond acceptors (Lipinski definition) is 2. The number of rotatable bonds is 4. The molecule has 84 valence electrons. The van der Waals surface area contributed by atoms with Gasteiger partial charge in [-0.05, 0) is 25.0 Å². The van der Waals surface area contributed by atoms with Gasteiger partial charge in [-0.2, -0.15) is 0 Å². The Balaban J connectivity index is 1.89. The minimum absolute atomic E-state index is 0.809. The largest absolute Gasteiger partial charge is 0.348 e. The van der Waals surface area contributed by atoms with Gasteiger partial charge >= 0.3 is 0 Å². The number of hydrogen-bond donors (Lipinski definition) is 2. The summed E-state index contributed by atoms with van der Waals surface area (Å²) in [6.07, 6.45) is 1.74. The fourth-order valence-corrected chi connectivity index (χ4v) is 1.69. The average Bonchev–Trinajstić information content (AvgIpc) is 2.67. The molecule has 0 spiro atoms. The van der Waals surface area contributed by atoms with Crippen LogP contribution in [0.25, 0.3) is 0 Å². The number of benzene rings is 1. The first-order chi connectivity index (χ1) is 7.77. The molecule has 0 radical (unpaired) electrons. The second-order valence-electron chi connectivity index (χ2n) is 4.00. The fourth-order valence-electron chi connectivity index (χ4n) is 1.69. The van der Waals surface area contributed by atoms with Crippen LogP contribution in [0.15, 0.2) is 30.6 Å². The van der Waals surface area contributed by atoms with E-state index in [1.54, 1.807) is 6.33 Å². The predicted octanol–water partition coefficient (Wildman–Crippen LogP) is 2.32. The molecule has 1 heterocycles. The lowest BCUT2D eigenvalue weighted by molar-refractivity contribution is 0.677. The fraction of sp³-hybridized carbons (Fsp3) is 0.308. The van der Waals surface area contributed by atoms with Crippen LogP contribution in [0, 0.1) is 13.8 Å². The Morgan fingerprint density at radius 3 is 2.69 bits per heavy atom. The van der Waals surface area contributed by atoms with E-state index in [0.29, 0.717) is 0 Å². The lowest BCUT2D eigenvalue weighted by atomic mass is 10.1. The van der Waals surface area contributed by atoms with Crippen molar-refractivity contribution in [1.29, 1.82) is 0 Å². The van der Waals surface area contributed by atoms with Crippen LogP contribution in [-0.4, -0.2) is 9.97 Å². The third-order valence-corrected chi connectivity index (χ3v) is 2.80. The average molecular weight is 215 g/mol. The van der Waals surface area contributed by atoms with Crippen molar-refractivity contribution in [3.8, 4) is 0 Å². The zero-order chi connectivity index (χ0) is 11.4. The van der Waals surface area contributed by atoms with Crippen LogP contribution in [0.1, 0.15) is 22.5 Å². The van der Waals surface area contributed by atoms with E-state index in [-0.39, 0.29) is 0 Å². The molecule has 2 rings (SSSR count). The third kappa shape index (κ3) is 2.49. The molecule has 1 aromatic carbocycles. The predicted molar refractivity (Wildman–Crippen MR) is 65.0 cm³/mol. The van der Waals surface area contributed by atoms with Crippen LogP contribution >= 0.6 is 0 Å². The number of imidazole rings is 1. The maximum Gasteiger partial charge on any atom is 0.0925 e. The number of aromatic amines is 1. The van der Waals surface area contributed by atoms with Crippen LogP contribution < -0.4 is 5.32 Å². The van der Waals surface area contributed by atoms with Crippen LogP contribution in [0.3, 0.4) is 0 Å². The minimum atomic E-state index is 0.809. The Morgan fingerprint density at radius 1 is 1.19 bits per heavy atom. The normalized spacial score (nSPS) is 10.6. The van der Waals surface area contributed by atoms with Gasteiger partial charge in [-0.3, -0.25) is 0 Å². The molecule has 0 bridgehead atoms. The summed E-state index contributed by atoms with van der Waals surface area (Å²) in [5.41, 5.74) is 4.90. The second kappa shape index (κ2) is 4.94. The molecule has 0 aliphatic rings. The zero-order valence-electron chi connectivity index (χ0n) is 9.75. The van der Waals surface area contributed by atoms with E-state index < -0.39 is 0 Å². The Bertz CT molecular complexity index is 460. The van der Waals surface area contributed by atoms with Crippen LogP contribution in [0.5, 0.6) is 0 Å². The summed E-state index contributed by atoms with van der Waals surface area (Å²) in [7, 11) is 0. The Hall–Kier alpha value is -1.61. The number of aryl methyl sites for hydroxylation is 2. The number of nitrogens with one attached hydrogen (secondary N) is 2. The van der Waals surface area contributed by atoms with E-state index in [9.17, 15) is 0 Å². The molecule has 3 nitrogen and oxygen atoms in total. The van der Waals surface area contributed by atoms with Crippen molar-refractivity contribution in [2.24, 2.45) is 0 Å². The second-order valence-corrected chi connectivity index (χ2v) is 4.00. The summed E-state index contributed by atoms with van der Waals surface area (Å²) >= 11 is 0. The Kier molecular flexibility index (Phi) is 3.37. The standard InChI is InChI=1S/C13H17N3/c1-10-5-3-4-6-12(10)7-14-8-13-11(2)15-9-16-13/h3-6,9,14H,7-8H2,1-2H3,(H,15,16). The highest BCUT2D eigenvalue weighted by atomic mass is 14.9. The van der Waals surface area contributed by atoms with Gasteiger partial charge in [-0.1, -0.05) is 24.3 Å². The van der Waals surface area contributed by atoms with Crippen LogP contribution in [0.4, 0.5) is 0 Å². The first-order valence-corrected chi connectivity index (χ1v) is 5.51. The molecule has 16 heavy (non-hydrogen) atoms. The molecule has 2 aromatic rings. The summed E-state index contributed by atoms with van der Waals surface area (Å²) in [5.74, 6) is 0. The number of nitrogens with zero attached hydrogens (tertiary/aromatic N) is 1. The summed E-state index contributed by atoms with van der Waals surface area (Å²) in [4.78, 5) is 7.33. The van der Waals surface area contributed by atoms with Crippen LogP contribution in [-0.2, 0) is 13.1 Å². The van der Waals surface area contributed by atoms with E-state index in [0.717, 1.165) is 24.5 Å². The minimum Gasteiger partial charge on any atom is -0.348 e. The van der Waals surface area contributed by atoms with E-state index >= 15 is 0 Å². The number of aromatic nitrogens is 2. The molecule has 0 amide bonds. The lowest BCUT2D eigenvalue weighted by Crippen LogP contribution is -2.14. The summed E-state index contributed by atoms with van der Waals surface area (Å²) in [6.45, 7) is 5.87. The van der Waals surface area contributed by atoms with Crippen molar-refractivity contribution in [3.05, 3.63) is 53.1 Å². The first kappa shape index (κ1) is 10.9. The summed E-state index contributed by atoms with van der Waals surface area (Å²) in [5, 5.41) is 3.40. The highest BCUT2D eigenvalue weighted by molar-refractivity contribution is 5.25. The quantitative estimate of drug-likeness (QED) is 0.821. The molecule has 0 unspecified atom stereocenters.